The van der Waals surface area contributed by atoms with Crippen LogP contribution >= 0.6 is 11.3 Å². The monoisotopic (exact) mass is 785 g/mol. The maximum absolute atomic E-state index is 5.52. The van der Waals surface area contributed by atoms with Crippen molar-refractivity contribution in [3.05, 3.63) is 226 Å². The highest BCUT2D eigenvalue weighted by Gasteiger charge is 2.54. The number of thiophene rings is 1. The molecular formula is C56H39N3S. The van der Waals surface area contributed by atoms with Gasteiger partial charge in [-0.3, -0.25) is 4.99 Å². The average molecular weight is 786 g/mol. The Morgan fingerprint density at radius 3 is 1.92 bits per heavy atom. The minimum Gasteiger partial charge on any atom is -0.261 e. The molecule has 9 aromatic rings. The summed E-state index contributed by atoms with van der Waals surface area (Å²) in [6, 6.07) is 64.1. The first-order valence-electron chi connectivity index (χ1n) is 20.7. The van der Waals surface area contributed by atoms with E-state index < -0.39 is 5.41 Å². The second-order valence-electron chi connectivity index (χ2n) is 16.7. The number of rotatable bonds is 4. The molecule has 0 saturated heterocycles. The lowest BCUT2D eigenvalue weighted by Gasteiger charge is -2.30. The van der Waals surface area contributed by atoms with E-state index in [1.807, 2.05) is 11.3 Å². The van der Waals surface area contributed by atoms with Gasteiger partial charge in [-0.15, -0.1) is 11.3 Å². The number of nitrogens with zero attached hydrogens (tertiary/aromatic N) is 3. The Bertz CT molecular complexity index is 3310. The number of hydrogen-bond donors (Lipinski definition) is 0. The van der Waals surface area contributed by atoms with Crippen molar-refractivity contribution < 1.29 is 0 Å². The van der Waals surface area contributed by atoms with Gasteiger partial charge in [0.1, 0.15) is 0 Å². The summed E-state index contributed by atoms with van der Waals surface area (Å²) in [5.74, 6) is 1.20. The van der Waals surface area contributed by atoms with E-state index in [0.29, 0.717) is 18.2 Å². The summed E-state index contributed by atoms with van der Waals surface area (Å²) >= 11 is 1.88. The molecule has 3 nitrogen and oxygen atoms in total. The van der Waals surface area contributed by atoms with E-state index in [9.17, 15) is 0 Å². The molecular weight excluding hydrogens is 747 g/mol. The lowest BCUT2D eigenvalue weighted by Crippen LogP contribution is -2.26. The molecule has 3 aliphatic rings. The van der Waals surface area contributed by atoms with E-state index in [4.69, 9.17) is 9.98 Å². The minimum absolute atomic E-state index is 0.167. The van der Waals surface area contributed by atoms with Gasteiger partial charge in [0.05, 0.1) is 12.0 Å². The Morgan fingerprint density at radius 1 is 0.550 bits per heavy atom. The molecule has 0 aliphatic heterocycles. The molecule has 1 heterocycles. The van der Waals surface area contributed by atoms with Crippen LogP contribution in [0.5, 0.6) is 0 Å². The molecule has 0 bridgehead atoms. The summed E-state index contributed by atoms with van der Waals surface area (Å²) in [5, 5.41) is 3.68. The maximum Gasteiger partial charge on any atom is 0.161 e. The fourth-order valence-corrected chi connectivity index (χ4v) is 12.1. The third-order valence-electron chi connectivity index (χ3n) is 13.3. The molecule has 0 radical (unpaired) electrons. The zero-order valence-corrected chi connectivity index (χ0v) is 34.2. The molecule has 284 valence electrons. The zero-order valence-electron chi connectivity index (χ0n) is 33.4. The maximum atomic E-state index is 5.52. The number of fused-ring (bicyclic) bond motifs is 16. The van der Waals surface area contributed by atoms with Crippen LogP contribution in [0.15, 0.2) is 191 Å². The highest BCUT2D eigenvalue weighted by atomic mass is 32.1. The Morgan fingerprint density at radius 2 is 1.15 bits per heavy atom. The topological polar surface area (TPSA) is 37.1 Å². The van der Waals surface area contributed by atoms with Gasteiger partial charge in [0.2, 0.25) is 0 Å². The predicted molar refractivity (Wildman–Crippen MR) is 252 cm³/mol. The van der Waals surface area contributed by atoms with Crippen LogP contribution in [0.1, 0.15) is 63.9 Å². The van der Waals surface area contributed by atoms with Crippen molar-refractivity contribution in [2.75, 3.05) is 0 Å². The number of benzene rings is 8. The highest BCUT2D eigenvalue weighted by Crippen LogP contribution is 2.66. The van der Waals surface area contributed by atoms with Gasteiger partial charge in [-0.2, -0.15) is 0 Å². The third-order valence-corrected chi connectivity index (χ3v) is 14.5. The van der Waals surface area contributed by atoms with E-state index in [2.05, 4.69) is 201 Å². The minimum atomic E-state index is -0.502. The standard InChI is InChI=1S/C56H39N3S/c1-55(2)44-25-10-6-20-38(44)41-31-30-35(32-48(41)55)53(57-3)59-54(58-33-36-18-14-17-34-16-4-5-19-37(34)36)43-24-15-28-47-50(43)52-51(42-23-9-13-29-49(42)60-52)56(47)45-26-11-7-21-39(45)40-22-8-12-27-46(40)56/h4-32H,3,33H2,1-2H3. The number of aliphatic imine (C=N–C) groups is 3. The lowest BCUT2D eigenvalue weighted by molar-refractivity contribution is 0.660. The van der Waals surface area contributed by atoms with Crippen molar-refractivity contribution in [3.8, 4) is 32.7 Å². The van der Waals surface area contributed by atoms with Gasteiger partial charge in [0.15, 0.2) is 11.7 Å². The lowest BCUT2D eigenvalue weighted by atomic mass is 9.70. The van der Waals surface area contributed by atoms with Crippen LogP contribution in [0.25, 0.3) is 53.6 Å². The molecule has 0 unspecified atom stereocenters. The molecule has 0 N–H and O–H groups in total. The molecule has 1 spiro atoms. The molecule has 0 saturated carbocycles. The van der Waals surface area contributed by atoms with Crippen LogP contribution in [-0.2, 0) is 17.4 Å². The molecule has 1 aromatic heterocycles. The Kier molecular flexibility index (Phi) is 7.58. The summed E-state index contributed by atoms with van der Waals surface area (Å²) in [6.07, 6.45) is 0. The second kappa shape index (κ2) is 13.0. The van der Waals surface area contributed by atoms with Gasteiger partial charge in [-0.1, -0.05) is 178 Å². The van der Waals surface area contributed by atoms with E-state index in [0.717, 1.165) is 16.7 Å². The molecule has 12 rings (SSSR count). The van der Waals surface area contributed by atoms with Gasteiger partial charge < -0.3 is 0 Å². The molecule has 0 amide bonds. The highest BCUT2D eigenvalue weighted by molar-refractivity contribution is 7.22. The van der Waals surface area contributed by atoms with Crippen LogP contribution < -0.4 is 0 Å². The van der Waals surface area contributed by atoms with Gasteiger partial charge in [-0.25, -0.2) is 9.98 Å². The smallest absolute Gasteiger partial charge is 0.161 e. The molecule has 0 fully saturated rings. The van der Waals surface area contributed by atoms with Crippen molar-refractivity contribution in [1.82, 2.24) is 0 Å². The van der Waals surface area contributed by atoms with E-state index in [-0.39, 0.29) is 5.41 Å². The van der Waals surface area contributed by atoms with Crippen LogP contribution in [-0.4, -0.2) is 18.4 Å². The fraction of sp³-hybridized carbons (Fsp3) is 0.0893. The van der Waals surface area contributed by atoms with E-state index >= 15 is 0 Å². The van der Waals surface area contributed by atoms with Gasteiger partial charge in [0.25, 0.3) is 0 Å². The average Bonchev–Trinajstić information content (AvgIpc) is 3.98. The molecule has 3 aliphatic carbocycles. The van der Waals surface area contributed by atoms with Crippen LogP contribution in [0.4, 0.5) is 0 Å². The normalized spacial score (nSPS) is 15.1. The van der Waals surface area contributed by atoms with Crippen LogP contribution in [0.3, 0.4) is 0 Å². The van der Waals surface area contributed by atoms with Crippen LogP contribution in [0, 0.1) is 0 Å². The fourth-order valence-electron chi connectivity index (χ4n) is 10.7. The molecule has 4 heteroatoms. The third kappa shape index (κ3) is 4.74. The first-order valence-corrected chi connectivity index (χ1v) is 21.5. The Labute approximate surface area is 353 Å². The van der Waals surface area contributed by atoms with Crippen molar-refractivity contribution in [1.29, 1.82) is 0 Å². The van der Waals surface area contributed by atoms with E-state index in [1.54, 1.807) is 0 Å². The van der Waals surface area contributed by atoms with Gasteiger partial charge >= 0.3 is 0 Å². The molecule has 60 heavy (non-hydrogen) atoms. The zero-order chi connectivity index (χ0) is 40.2. The summed E-state index contributed by atoms with van der Waals surface area (Å²) in [5.41, 5.74) is 16.6. The number of amidine groups is 2. The quantitative estimate of drug-likeness (QED) is 0.126. The summed E-state index contributed by atoms with van der Waals surface area (Å²) in [7, 11) is 0. The van der Waals surface area contributed by atoms with Gasteiger partial charge in [0, 0.05) is 31.7 Å². The first-order chi connectivity index (χ1) is 29.5. The Balaban J connectivity index is 1.12. The van der Waals surface area contributed by atoms with Crippen molar-refractivity contribution in [2.45, 2.75) is 31.2 Å². The van der Waals surface area contributed by atoms with Crippen molar-refractivity contribution >= 4 is 50.6 Å². The number of hydrogen-bond acceptors (Lipinski definition) is 2. The second-order valence-corrected chi connectivity index (χ2v) is 17.7. The molecule has 8 aromatic carbocycles. The Hall–Kier alpha value is -7.01. The van der Waals surface area contributed by atoms with Crippen molar-refractivity contribution in [3.63, 3.8) is 0 Å². The van der Waals surface area contributed by atoms with Crippen LogP contribution in [0.2, 0.25) is 0 Å². The predicted octanol–water partition coefficient (Wildman–Crippen LogP) is 13.8. The largest absolute Gasteiger partial charge is 0.261 e. The molecule has 0 atom stereocenters. The van der Waals surface area contributed by atoms with Gasteiger partial charge in [-0.05, 0) is 96.2 Å². The summed E-state index contributed by atoms with van der Waals surface area (Å²) in [6.45, 7) is 9.19. The van der Waals surface area contributed by atoms with Crippen molar-refractivity contribution in [2.24, 2.45) is 15.0 Å². The first kappa shape index (κ1) is 35.0. The SMILES string of the molecule is C=NC(=NC(=NCc1cccc2ccccc12)c1cccc2c1-c1sc3ccccc3c1C21c2ccccc2-c2ccccc21)c1ccc2c(c1)C(C)(C)c1ccccc1-2. The summed E-state index contributed by atoms with van der Waals surface area (Å²) in [4.78, 5) is 17.0. The summed E-state index contributed by atoms with van der Waals surface area (Å²) < 4.78 is 1.28. The van der Waals surface area contributed by atoms with E-state index in [1.165, 1.54) is 86.9 Å².